The molecule has 0 N–H and O–H groups in total. The average molecular weight is 294 g/mol. The molecule has 0 aliphatic heterocycles. The average Bonchev–Trinajstić information content (AvgIpc) is 2.41. The van der Waals surface area contributed by atoms with Gasteiger partial charge in [-0.2, -0.15) is 0 Å². The molecular weight excluding hydrogens is 285 g/mol. The lowest BCUT2D eigenvalue weighted by Gasteiger charge is -2.05. The fourth-order valence-electron chi connectivity index (χ4n) is 2.07. The summed E-state index contributed by atoms with van der Waals surface area (Å²) in [5.74, 6) is 0.356. The van der Waals surface area contributed by atoms with Crippen LogP contribution in [0.3, 0.4) is 0 Å². The summed E-state index contributed by atoms with van der Waals surface area (Å²) in [4.78, 5) is 16.2. The van der Waals surface area contributed by atoms with Crippen molar-refractivity contribution in [2.24, 2.45) is 0 Å². The van der Waals surface area contributed by atoms with Crippen LogP contribution in [0.15, 0.2) is 39.5 Å². The Bertz CT molecular complexity index is 827. The Morgan fingerprint density at radius 1 is 1.21 bits per heavy atom. The van der Waals surface area contributed by atoms with Crippen LogP contribution in [0.1, 0.15) is 5.56 Å². The van der Waals surface area contributed by atoms with Crippen LogP contribution in [0.4, 0.5) is 0 Å². The minimum absolute atomic E-state index is 0.327. The highest BCUT2D eigenvalue weighted by molar-refractivity contribution is 6.35. The lowest BCUT2D eigenvalue weighted by Crippen LogP contribution is -2.08. The molecule has 2 heterocycles. The van der Waals surface area contributed by atoms with Crippen LogP contribution < -0.4 is 5.63 Å². The number of rotatable bonds is 2. The van der Waals surface area contributed by atoms with Crippen LogP contribution in [0.2, 0.25) is 5.15 Å². The minimum atomic E-state index is -0.374. The number of hydrogen-bond acceptors (Lipinski definition) is 3. The number of aromatic nitrogens is 1. The van der Waals surface area contributed by atoms with Gasteiger partial charge in [0.15, 0.2) is 5.58 Å². The summed E-state index contributed by atoms with van der Waals surface area (Å²) in [5, 5.41) is 1.74. The van der Waals surface area contributed by atoms with E-state index in [2.05, 4.69) is 4.98 Å². The third-order valence-electron chi connectivity index (χ3n) is 2.97. The summed E-state index contributed by atoms with van der Waals surface area (Å²) in [7, 11) is 0. The molecule has 0 bridgehead atoms. The first-order chi connectivity index (χ1) is 9.20. The largest absolute Gasteiger partial charge is 0.422 e. The lowest BCUT2D eigenvalue weighted by atomic mass is 10.1. The van der Waals surface area contributed by atoms with Gasteiger partial charge in [0, 0.05) is 16.8 Å². The predicted molar refractivity (Wildman–Crippen MR) is 77.2 cm³/mol. The highest BCUT2D eigenvalue weighted by atomic mass is 35.5. The second-order valence-electron chi connectivity index (χ2n) is 4.16. The van der Waals surface area contributed by atoms with Crippen LogP contribution in [0, 0.1) is 0 Å². The van der Waals surface area contributed by atoms with Gasteiger partial charge in [0.2, 0.25) is 0 Å². The zero-order valence-electron chi connectivity index (χ0n) is 9.82. The van der Waals surface area contributed by atoms with E-state index in [9.17, 15) is 4.79 Å². The molecule has 3 aromatic rings. The molecule has 19 heavy (non-hydrogen) atoms. The summed E-state index contributed by atoms with van der Waals surface area (Å²) in [6.07, 6.45) is 0.447. The zero-order chi connectivity index (χ0) is 13.4. The maximum absolute atomic E-state index is 11.9. The van der Waals surface area contributed by atoms with Gasteiger partial charge in [-0.1, -0.05) is 23.7 Å². The van der Waals surface area contributed by atoms with Crippen LogP contribution in [-0.2, 0) is 6.42 Å². The molecule has 0 saturated carbocycles. The first-order valence-corrected chi connectivity index (χ1v) is 6.69. The van der Waals surface area contributed by atoms with Crippen molar-refractivity contribution in [3.05, 3.63) is 51.5 Å². The summed E-state index contributed by atoms with van der Waals surface area (Å²) < 4.78 is 5.40. The van der Waals surface area contributed by atoms with E-state index in [1.165, 1.54) is 0 Å². The summed E-state index contributed by atoms with van der Waals surface area (Å²) in [5.41, 5.74) is 1.31. The standard InChI is InChI=1S/C14H9Cl2NO2/c15-6-5-8-7-10-12(19-14(8)18)9-3-1-2-4-11(9)17-13(10)16/h1-4,7H,5-6H2. The highest BCUT2D eigenvalue weighted by Gasteiger charge is 2.12. The first-order valence-electron chi connectivity index (χ1n) is 5.77. The number of pyridine rings is 1. The molecule has 0 aliphatic rings. The predicted octanol–water partition coefficient (Wildman–Crippen LogP) is 3.78. The molecule has 0 amide bonds. The van der Waals surface area contributed by atoms with Gasteiger partial charge in [0.1, 0.15) is 5.15 Å². The quantitative estimate of drug-likeness (QED) is 0.410. The second kappa shape index (κ2) is 4.83. The van der Waals surface area contributed by atoms with Crippen LogP contribution in [-0.4, -0.2) is 10.9 Å². The van der Waals surface area contributed by atoms with Gasteiger partial charge < -0.3 is 4.42 Å². The fraction of sp³-hybridized carbons (Fsp3) is 0.143. The molecule has 0 aliphatic carbocycles. The van der Waals surface area contributed by atoms with E-state index in [1.807, 2.05) is 24.3 Å². The van der Waals surface area contributed by atoms with Gasteiger partial charge in [0.25, 0.3) is 0 Å². The topological polar surface area (TPSA) is 43.1 Å². The monoisotopic (exact) mass is 293 g/mol. The van der Waals surface area contributed by atoms with Crippen molar-refractivity contribution in [2.75, 3.05) is 5.88 Å². The van der Waals surface area contributed by atoms with Gasteiger partial charge in [-0.25, -0.2) is 9.78 Å². The highest BCUT2D eigenvalue weighted by Crippen LogP contribution is 2.28. The molecule has 0 saturated heterocycles. The summed E-state index contributed by atoms with van der Waals surface area (Å²) in [6.45, 7) is 0. The van der Waals surface area contributed by atoms with Crippen LogP contribution in [0.25, 0.3) is 21.9 Å². The van der Waals surface area contributed by atoms with E-state index in [4.69, 9.17) is 27.6 Å². The van der Waals surface area contributed by atoms with Crippen LogP contribution >= 0.6 is 23.2 Å². The molecule has 3 nitrogen and oxygen atoms in total. The van der Waals surface area contributed by atoms with Gasteiger partial charge in [-0.3, -0.25) is 0 Å². The van der Waals surface area contributed by atoms with E-state index in [-0.39, 0.29) is 5.63 Å². The molecule has 1 aromatic carbocycles. The van der Waals surface area contributed by atoms with E-state index < -0.39 is 0 Å². The van der Waals surface area contributed by atoms with E-state index in [0.29, 0.717) is 39.5 Å². The Morgan fingerprint density at radius 2 is 2.00 bits per heavy atom. The van der Waals surface area contributed by atoms with Gasteiger partial charge in [0.05, 0.1) is 10.9 Å². The smallest absolute Gasteiger partial charge is 0.339 e. The number of fused-ring (bicyclic) bond motifs is 3. The van der Waals surface area contributed by atoms with Gasteiger partial charge in [-0.05, 0) is 24.6 Å². The van der Waals surface area contributed by atoms with Gasteiger partial charge in [-0.15, -0.1) is 11.6 Å². The summed E-state index contributed by atoms with van der Waals surface area (Å²) in [6, 6.07) is 9.12. The molecule has 2 aromatic heterocycles. The molecule has 0 spiro atoms. The van der Waals surface area contributed by atoms with E-state index in [0.717, 1.165) is 5.39 Å². The molecule has 0 fully saturated rings. The zero-order valence-corrected chi connectivity index (χ0v) is 11.3. The van der Waals surface area contributed by atoms with E-state index >= 15 is 0 Å². The number of nitrogens with zero attached hydrogens (tertiary/aromatic N) is 1. The minimum Gasteiger partial charge on any atom is -0.422 e. The molecule has 0 radical (unpaired) electrons. The van der Waals surface area contributed by atoms with Crippen molar-refractivity contribution in [1.29, 1.82) is 0 Å². The number of aryl methyl sites for hydroxylation is 1. The molecule has 3 rings (SSSR count). The Hall–Kier alpha value is -1.58. The number of para-hydroxylation sites is 1. The molecule has 96 valence electrons. The number of hydrogen-bond donors (Lipinski definition) is 0. The molecule has 5 heteroatoms. The fourth-order valence-corrected chi connectivity index (χ4v) is 2.51. The molecular formula is C14H9Cl2NO2. The van der Waals surface area contributed by atoms with Crippen molar-refractivity contribution in [3.63, 3.8) is 0 Å². The van der Waals surface area contributed by atoms with Crippen molar-refractivity contribution in [1.82, 2.24) is 4.98 Å². The molecule has 0 unspecified atom stereocenters. The first kappa shape index (κ1) is 12.5. The van der Waals surface area contributed by atoms with Crippen LogP contribution in [0.5, 0.6) is 0 Å². The van der Waals surface area contributed by atoms with Gasteiger partial charge >= 0.3 is 5.63 Å². The Balaban J connectivity index is 2.45. The number of benzene rings is 1. The second-order valence-corrected chi connectivity index (χ2v) is 4.90. The van der Waals surface area contributed by atoms with E-state index in [1.54, 1.807) is 6.07 Å². The SMILES string of the molecule is O=c1oc2c(cc1CCCl)c(Cl)nc1ccccc12. The maximum atomic E-state index is 11.9. The van der Waals surface area contributed by atoms with Crippen molar-refractivity contribution in [3.8, 4) is 0 Å². The maximum Gasteiger partial charge on any atom is 0.339 e. The third kappa shape index (κ3) is 2.09. The Kier molecular flexibility index (Phi) is 3.17. The normalized spacial score (nSPS) is 11.3. The van der Waals surface area contributed by atoms with Crippen molar-refractivity contribution in [2.45, 2.75) is 6.42 Å². The van der Waals surface area contributed by atoms with Crippen molar-refractivity contribution >= 4 is 45.1 Å². The number of halogens is 2. The van der Waals surface area contributed by atoms with Crippen molar-refractivity contribution < 1.29 is 4.42 Å². The Morgan fingerprint density at radius 3 is 2.79 bits per heavy atom. The lowest BCUT2D eigenvalue weighted by molar-refractivity contribution is 0.554. The Labute approximate surface area is 118 Å². The molecule has 0 atom stereocenters. The summed E-state index contributed by atoms with van der Waals surface area (Å²) >= 11 is 11.8. The number of alkyl halides is 1. The third-order valence-corrected chi connectivity index (χ3v) is 3.45.